The van der Waals surface area contributed by atoms with Crippen LogP contribution in [0.2, 0.25) is 0 Å². The Labute approximate surface area is 176 Å². The fraction of sp³-hybridized carbons (Fsp3) is 0.292. The van der Waals surface area contributed by atoms with Crippen LogP contribution in [0, 0.1) is 0 Å². The average Bonchev–Trinajstić information content (AvgIpc) is 3.28. The highest BCUT2D eigenvalue weighted by Crippen LogP contribution is 2.25. The Balaban J connectivity index is 1.25. The number of nitrogens with zero attached hydrogens (tertiary/aromatic N) is 2. The molecule has 1 amide bonds. The maximum Gasteiger partial charge on any atom is 0.321 e. The van der Waals surface area contributed by atoms with Crippen LogP contribution in [0.5, 0.6) is 17.5 Å². The molecule has 6 nitrogen and oxygen atoms in total. The van der Waals surface area contributed by atoms with E-state index in [0.717, 1.165) is 29.8 Å². The molecule has 0 radical (unpaired) electrons. The molecule has 3 aromatic rings. The van der Waals surface area contributed by atoms with E-state index in [0.29, 0.717) is 24.7 Å². The number of aromatic nitrogens is 2. The molecule has 6 heteroatoms. The summed E-state index contributed by atoms with van der Waals surface area (Å²) in [6.45, 7) is 0. The topological polar surface area (TPSA) is 73.3 Å². The van der Waals surface area contributed by atoms with Crippen LogP contribution in [0.3, 0.4) is 0 Å². The second-order valence-corrected chi connectivity index (χ2v) is 7.38. The maximum atomic E-state index is 12.3. The summed E-state index contributed by atoms with van der Waals surface area (Å²) in [4.78, 5) is 20.4. The van der Waals surface area contributed by atoms with E-state index in [2.05, 4.69) is 15.3 Å². The summed E-state index contributed by atoms with van der Waals surface area (Å²) in [6.07, 6.45) is 9.41. The predicted octanol–water partition coefficient (Wildman–Crippen LogP) is 5.16. The number of anilines is 1. The van der Waals surface area contributed by atoms with Gasteiger partial charge >= 0.3 is 6.01 Å². The Hall–Kier alpha value is -3.41. The highest BCUT2D eigenvalue weighted by Gasteiger charge is 2.16. The van der Waals surface area contributed by atoms with Crippen LogP contribution in [0.4, 0.5) is 5.69 Å². The average molecular weight is 403 g/mol. The number of hydrogen-bond donors (Lipinski definition) is 1. The van der Waals surface area contributed by atoms with Crippen LogP contribution in [-0.2, 0) is 11.2 Å². The number of amides is 1. The summed E-state index contributed by atoms with van der Waals surface area (Å²) in [5, 5.41) is 2.92. The third-order valence-corrected chi connectivity index (χ3v) is 5.03. The molecule has 154 valence electrons. The first-order valence-corrected chi connectivity index (χ1v) is 10.3. The Kier molecular flexibility index (Phi) is 6.54. The molecule has 0 atom stereocenters. The largest absolute Gasteiger partial charge is 0.490 e. The lowest BCUT2D eigenvalue weighted by Gasteiger charge is -2.14. The van der Waals surface area contributed by atoms with Gasteiger partial charge in [-0.25, -0.2) is 9.97 Å². The monoisotopic (exact) mass is 403 g/mol. The van der Waals surface area contributed by atoms with Crippen molar-refractivity contribution < 1.29 is 14.3 Å². The van der Waals surface area contributed by atoms with Crippen LogP contribution < -0.4 is 14.8 Å². The van der Waals surface area contributed by atoms with E-state index in [4.69, 9.17) is 9.47 Å². The van der Waals surface area contributed by atoms with Crippen molar-refractivity contribution in [3.05, 3.63) is 72.6 Å². The molecule has 0 aliphatic heterocycles. The van der Waals surface area contributed by atoms with Gasteiger partial charge in [0.1, 0.15) is 11.5 Å². The molecule has 1 saturated carbocycles. The fourth-order valence-electron chi connectivity index (χ4n) is 3.50. The highest BCUT2D eigenvalue weighted by molar-refractivity contribution is 5.90. The van der Waals surface area contributed by atoms with Crippen LogP contribution >= 0.6 is 0 Å². The van der Waals surface area contributed by atoms with Gasteiger partial charge in [0.25, 0.3) is 0 Å². The molecule has 1 N–H and O–H groups in total. The number of nitrogens with one attached hydrogen (secondary N) is 1. The molecule has 1 heterocycles. The van der Waals surface area contributed by atoms with E-state index in [1.807, 2.05) is 24.3 Å². The number of rotatable bonds is 8. The van der Waals surface area contributed by atoms with Gasteiger partial charge in [-0.05, 0) is 80.1 Å². The molecule has 0 saturated heterocycles. The van der Waals surface area contributed by atoms with E-state index in [-0.39, 0.29) is 11.9 Å². The third-order valence-electron chi connectivity index (χ3n) is 5.03. The first-order chi connectivity index (χ1) is 14.7. The standard InChI is InChI=1S/C24H25N3O3/c28-23(14-9-18-5-3-8-22(17-18)29-20-6-1-2-7-20)27-19-10-12-21(13-11-19)30-24-25-15-4-16-26-24/h3-5,8,10-13,15-17,20H,1-2,6-7,9,14H2,(H,27,28). The zero-order valence-corrected chi connectivity index (χ0v) is 16.8. The van der Waals surface area contributed by atoms with Gasteiger partial charge in [0.15, 0.2) is 0 Å². The van der Waals surface area contributed by atoms with Crippen molar-refractivity contribution >= 4 is 11.6 Å². The van der Waals surface area contributed by atoms with Crippen molar-refractivity contribution in [3.63, 3.8) is 0 Å². The lowest BCUT2D eigenvalue weighted by molar-refractivity contribution is -0.116. The van der Waals surface area contributed by atoms with Crippen molar-refractivity contribution in [1.82, 2.24) is 9.97 Å². The minimum atomic E-state index is -0.0304. The van der Waals surface area contributed by atoms with E-state index in [1.165, 1.54) is 12.8 Å². The van der Waals surface area contributed by atoms with E-state index >= 15 is 0 Å². The molecule has 2 aromatic carbocycles. The summed E-state index contributed by atoms with van der Waals surface area (Å²) in [5.74, 6) is 1.48. The third kappa shape index (κ3) is 5.80. The number of carbonyl (C=O) groups is 1. The SMILES string of the molecule is O=C(CCc1cccc(OC2CCCC2)c1)Nc1ccc(Oc2ncccn2)cc1. The Bertz CT molecular complexity index is 955. The zero-order chi connectivity index (χ0) is 20.6. The molecule has 4 rings (SSSR count). The lowest BCUT2D eigenvalue weighted by atomic mass is 10.1. The number of benzene rings is 2. The van der Waals surface area contributed by atoms with E-state index in [9.17, 15) is 4.79 Å². The van der Waals surface area contributed by atoms with Crippen LogP contribution in [0.25, 0.3) is 0 Å². The van der Waals surface area contributed by atoms with Gasteiger partial charge in [-0.15, -0.1) is 0 Å². The zero-order valence-electron chi connectivity index (χ0n) is 16.8. The number of aryl methyl sites for hydroxylation is 1. The van der Waals surface area contributed by atoms with E-state index < -0.39 is 0 Å². The van der Waals surface area contributed by atoms with Crippen molar-refractivity contribution in [2.75, 3.05) is 5.32 Å². The van der Waals surface area contributed by atoms with Crippen LogP contribution in [0.1, 0.15) is 37.7 Å². The Morgan fingerprint density at radius 1 is 0.967 bits per heavy atom. The smallest absolute Gasteiger partial charge is 0.321 e. The molecule has 0 unspecified atom stereocenters. The summed E-state index contributed by atoms with van der Waals surface area (Å²) in [7, 11) is 0. The number of hydrogen-bond acceptors (Lipinski definition) is 5. The maximum absolute atomic E-state index is 12.3. The second kappa shape index (κ2) is 9.87. The molecule has 1 aliphatic carbocycles. The van der Waals surface area contributed by atoms with Gasteiger partial charge < -0.3 is 14.8 Å². The van der Waals surface area contributed by atoms with Crippen molar-refractivity contribution in [1.29, 1.82) is 0 Å². The second-order valence-electron chi connectivity index (χ2n) is 7.38. The Morgan fingerprint density at radius 3 is 2.50 bits per heavy atom. The molecule has 1 aliphatic rings. The molecule has 0 bridgehead atoms. The van der Waals surface area contributed by atoms with E-state index in [1.54, 1.807) is 42.7 Å². The fourth-order valence-corrected chi connectivity index (χ4v) is 3.50. The normalized spacial score (nSPS) is 13.7. The van der Waals surface area contributed by atoms with Crippen LogP contribution in [0.15, 0.2) is 67.0 Å². The van der Waals surface area contributed by atoms with Gasteiger partial charge in [-0.2, -0.15) is 0 Å². The molecule has 30 heavy (non-hydrogen) atoms. The first-order valence-electron chi connectivity index (χ1n) is 10.3. The molecule has 1 aromatic heterocycles. The van der Waals surface area contributed by atoms with Gasteiger partial charge in [-0.1, -0.05) is 12.1 Å². The molecule has 1 fully saturated rings. The minimum absolute atomic E-state index is 0.0304. The summed E-state index contributed by atoms with van der Waals surface area (Å²) < 4.78 is 11.6. The molecule has 0 spiro atoms. The van der Waals surface area contributed by atoms with Gasteiger partial charge in [0.05, 0.1) is 6.10 Å². The van der Waals surface area contributed by atoms with Crippen molar-refractivity contribution in [2.45, 2.75) is 44.6 Å². The lowest BCUT2D eigenvalue weighted by Crippen LogP contribution is -2.13. The van der Waals surface area contributed by atoms with Gasteiger partial charge in [0.2, 0.25) is 5.91 Å². The Morgan fingerprint density at radius 2 is 1.73 bits per heavy atom. The van der Waals surface area contributed by atoms with Crippen molar-refractivity contribution in [3.8, 4) is 17.5 Å². The first kappa shape index (κ1) is 19.9. The number of carbonyl (C=O) groups excluding carboxylic acids is 1. The van der Waals surface area contributed by atoms with Gasteiger partial charge in [0, 0.05) is 24.5 Å². The van der Waals surface area contributed by atoms with Crippen molar-refractivity contribution in [2.24, 2.45) is 0 Å². The number of ether oxygens (including phenoxy) is 2. The minimum Gasteiger partial charge on any atom is -0.490 e. The summed E-state index contributed by atoms with van der Waals surface area (Å²) in [5.41, 5.74) is 1.83. The summed E-state index contributed by atoms with van der Waals surface area (Å²) in [6, 6.07) is 17.2. The van der Waals surface area contributed by atoms with Crippen LogP contribution in [-0.4, -0.2) is 22.0 Å². The highest BCUT2D eigenvalue weighted by atomic mass is 16.5. The molecular weight excluding hydrogens is 378 g/mol. The quantitative estimate of drug-likeness (QED) is 0.562. The molecular formula is C24H25N3O3. The van der Waals surface area contributed by atoms with Gasteiger partial charge in [-0.3, -0.25) is 4.79 Å². The predicted molar refractivity (Wildman–Crippen MR) is 115 cm³/mol. The summed E-state index contributed by atoms with van der Waals surface area (Å²) >= 11 is 0.